The van der Waals surface area contributed by atoms with Crippen molar-refractivity contribution >= 4 is 16.6 Å². The van der Waals surface area contributed by atoms with E-state index in [9.17, 15) is 0 Å². The zero-order valence-electron chi connectivity index (χ0n) is 18.0. The van der Waals surface area contributed by atoms with Gasteiger partial charge in [-0.25, -0.2) is 0 Å². The van der Waals surface area contributed by atoms with Crippen LogP contribution in [0.25, 0.3) is 10.9 Å². The van der Waals surface area contributed by atoms with Gasteiger partial charge in [-0.15, -0.1) is 0 Å². The number of nitrogens with one attached hydrogen (secondary N) is 2. The van der Waals surface area contributed by atoms with Gasteiger partial charge in [-0.05, 0) is 32.8 Å². The summed E-state index contributed by atoms with van der Waals surface area (Å²) >= 11 is 0. The van der Waals surface area contributed by atoms with Crippen LogP contribution in [0.5, 0.6) is 11.5 Å². The Bertz CT molecular complexity index is 1170. The highest BCUT2D eigenvalue weighted by Crippen LogP contribution is 2.65. The van der Waals surface area contributed by atoms with E-state index < -0.39 is 5.60 Å². The van der Waals surface area contributed by atoms with E-state index >= 15 is 0 Å². The molecule has 3 aliphatic rings. The third kappa shape index (κ3) is 2.05. The standard InChI is InChI=1S/C24H28N4O2/c1-27(2)13-15-12-25-22-19(29-4)11-18-21(20(15)22)23-14-28(3)10-9-24(23,30-18)16-7-5-6-8-17(16)26-23/h5-8,11-12,25-26H,9-10,13-14H2,1-4H3/t23-,24?/m0/s1. The molecule has 2 N–H and O–H groups in total. The van der Waals surface area contributed by atoms with Crippen molar-refractivity contribution in [2.45, 2.75) is 24.1 Å². The molecule has 0 amide bonds. The highest BCUT2D eigenvalue weighted by Gasteiger charge is 2.68. The van der Waals surface area contributed by atoms with Crippen LogP contribution in [-0.2, 0) is 17.7 Å². The van der Waals surface area contributed by atoms with Crippen LogP contribution in [0.1, 0.15) is 23.1 Å². The van der Waals surface area contributed by atoms with Gasteiger partial charge in [-0.2, -0.15) is 0 Å². The van der Waals surface area contributed by atoms with Gasteiger partial charge < -0.3 is 29.6 Å². The summed E-state index contributed by atoms with van der Waals surface area (Å²) in [7, 11) is 8.15. The highest BCUT2D eigenvalue weighted by atomic mass is 16.5. The molecule has 30 heavy (non-hydrogen) atoms. The minimum absolute atomic E-state index is 0.327. The summed E-state index contributed by atoms with van der Waals surface area (Å²) in [6.07, 6.45) is 3.07. The van der Waals surface area contributed by atoms with Crippen LogP contribution in [0.2, 0.25) is 0 Å². The smallest absolute Gasteiger partial charge is 0.166 e. The molecule has 156 valence electrons. The van der Waals surface area contributed by atoms with Crippen LogP contribution in [-0.4, -0.2) is 56.1 Å². The van der Waals surface area contributed by atoms with Crippen molar-refractivity contribution in [1.29, 1.82) is 0 Å². The number of benzene rings is 2. The van der Waals surface area contributed by atoms with Gasteiger partial charge in [-0.1, -0.05) is 18.2 Å². The summed E-state index contributed by atoms with van der Waals surface area (Å²) in [6.45, 7) is 2.75. The largest absolute Gasteiger partial charge is 0.494 e. The number of aromatic nitrogens is 1. The van der Waals surface area contributed by atoms with Crippen LogP contribution in [0.4, 0.5) is 5.69 Å². The number of H-pyrrole nitrogens is 1. The topological polar surface area (TPSA) is 52.8 Å². The van der Waals surface area contributed by atoms with Gasteiger partial charge in [0.25, 0.3) is 0 Å². The van der Waals surface area contributed by atoms with E-state index in [2.05, 4.69) is 77.8 Å². The van der Waals surface area contributed by atoms with Gasteiger partial charge in [0.05, 0.1) is 12.6 Å². The fourth-order valence-corrected chi connectivity index (χ4v) is 6.04. The minimum Gasteiger partial charge on any atom is -0.494 e. The summed E-state index contributed by atoms with van der Waals surface area (Å²) in [5.41, 5.74) is 5.31. The average Bonchev–Trinajstić information content (AvgIpc) is 3.32. The molecule has 0 radical (unpaired) electrons. The number of piperidine rings is 1. The molecule has 2 aromatic carbocycles. The highest BCUT2D eigenvalue weighted by molar-refractivity contribution is 5.96. The minimum atomic E-state index is -0.398. The fourth-order valence-electron chi connectivity index (χ4n) is 6.04. The van der Waals surface area contributed by atoms with Crippen molar-refractivity contribution in [2.24, 2.45) is 0 Å². The molecular weight excluding hydrogens is 376 g/mol. The van der Waals surface area contributed by atoms with Crippen LogP contribution >= 0.6 is 0 Å². The second-order valence-electron chi connectivity index (χ2n) is 9.25. The Morgan fingerprint density at radius 3 is 2.90 bits per heavy atom. The van der Waals surface area contributed by atoms with Crippen molar-refractivity contribution in [3.8, 4) is 11.5 Å². The van der Waals surface area contributed by atoms with Gasteiger partial charge in [0.15, 0.2) is 5.60 Å². The van der Waals surface area contributed by atoms with E-state index in [1.807, 2.05) is 0 Å². The molecule has 4 heterocycles. The number of likely N-dealkylation sites (tertiary alicyclic amines) is 1. The lowest BCUT2D eigenvalue weighted by Crippen LogP contribution is -2.60. The van der Waals surface area contributed by atoms with Crippen molar-refractivity contribution in [2.75, 3.05) is 46.7 Å². The molecule has 3 aliphatic heterocycles. The number of methoxy groups -OCH3 is 1. The second-order valence-corrected chi connectivity index (χ2v) is 9.25. The summed E-state index contributed by atoms with van der Waals surface area (Å²) in [5.74, 6) is 1.77. The first-order chi connectivity index (χ1) is 14.5. The third-order valence-electron chi connectivity index (χ3n) is 7.14. The van der Waals surface area contributed by atoms with Crippen molar-refractivity contribution < 1.29 is 9.47 Å². The third-order valence-corrected chi connectivity index (χ3v) is 7.14. The second kappa shape index (κ2) is 5.93. The van der Waals surface area contributed by atoms with Crippen molar-refractivity contribution in [1.82, 2.24) is 14.8 Å². The van der Waals surface area contributed by atoms with E-state index in [0.29, 0.717) is 0 Å². The maximum atomic E-state index is 6.97. The molecule has 1 aromatic heterocycles. The molecule has 1 fully saturated rings. The lowest BCUT2D eigenvalue weighted by Gasteiger charge is -2.46. The molecule has 0 bridgehead atoms. The van der Waals surface area contributed by atoms with E-state index in [-0.39, 0.29) is 5.54 Å². The number of likely N-dealkylation sites (N-methyl/N-ethyl adjacent to an activating group) is 1. The molecule has 6 rings (SSSR count). The summed E-state index contributed by atoms with van der Waals surface area (Å²) in [5, 5.41) is 5.19. The predicted octanol–water partition coefficient (Wildman–Crippen LogP) is 3.48. The Hall–Kier alpha value is -2.70. The van der Waals surface area contributed by atoms with Gasteiger partial charge in [0, 0.05) is 60.5 Å². The lowest BCUT2D eigenvalue weighted by molar-refractivity contribution is -0.0250. The van der Waals surface area contributed by atoms with Gasteiger partial charge >= 0.3 is 0 Å². The van der Waals surface area contributed by atoms with Gasteiger partial charge in [-0.3, -0.25) is 0 Å². The van der Waals surface area contributed by atoms with Crippen LogP contribution < -0.4 is 14.8 Å². The number of ether oxygens (including phenoxy) is 2. The first kappa shape index (κ1) is 18.1. The Labute approximate surface area is 176 Å². The number of aromatic amines is 1. The van der Waals surface area contributed by atoms with Gasteiger partial charge in [0.1, 0.15) is 17.0 Å². The number of hydrogen-bond acceptors (Lipinski definition) is 5. The molecule has 0 spiro atoms. The molecule has 6 nitrogen and oxygen atoms in total. The van der Waals surface area contributed by atoms with Crippen LogP contribution in [0.15, 0.2) is 36.5 Å². The maximum absolute atomic E-state index is 6.97. The molecule has 1 saturated heterocycles. The maximum Gasteiger partial charge on any atom is 0.166 e. The van der Waals surface area contributed by atoms with E-state index in [1.54, 1.807) is 7.11 Å². The normalized spacial score (nSPS) is 26.7. The van der Waals surface area contributed by atoms with Crippen LogP contribution in [0.3, 0.4) is 0 Å². The van der Waals surface area contributed by atoms with E-state index in [4.69, 9.17) is 9.47 Å². The number of rotatable bonds is 3. The Kier molecular flexibility index (Phi) is 3.58. The molecular formula is C24H28N4O2. The summed E-state index contributed by atoms with van der Waals surface area (Å²) in [4.78, 5) is 8.12. The summed E-state index contributed by atoms with van der Waals surface area (Å²) in [6, 6.07) is 10.7. The van der Waals surface area contributed by atoms with Crippen LogP contribution in [0, 0.1) is 0 Å². The number of para-hydroxylation sites is 1. The lowest BCUT2D eigenvalue weighted by atomic mass is 9.70. The summed E-state index contributed by atoms with van der Waals surface area (Å²) < 4.78 is 12.7. The number of fused-ring (bicyclic) bond motifs is 4. The zero-order valence-corrected chi connectivity index (χ0v) is 18.0. The molecule has 6 heteroatoms. The molecule has 2 atom stereocenters. The Morgan fingerprint density at radius 1 is 1.27 bits per heavy atom. The zero-order chi connectivity index (χ0) is 20.7. The first-order valence-electron chi connectivity index (χ1n) is 10.6. The monoisotopic (exact) mass is 404 g/mol. The Morgan fingerprint density at radius 2 is 2.10 bits per heavy atom. The average molecular weight is 405 g/mol. The molecule has 1 unspecified atom stereocenters. The molecule has 0 saturated carbocycles. The SMILES string of the molecule is COc1cc2c(c3c(CN(C)C)c[nH]c13)[C@@]13CN(C)CCC1(O2)c1ccccc1N3. The number of nitrogens with zero attached hydrogens (tertiary/aromatic N) is 2. The Balaban J connectivity index is 1.69. The first-order valence-corrected chi connectivity index (χ1v) is 10.6. The van der Waals surface area contributed by atoms with Crippen molar-refractivity contribution in [3.05, 3.63) is 53.2 Å². The predicted molar refractivity (Wildman–Crippen MR) is 118 cm³/mol. The molecule has 0 aliphatic carbocycles. The van der Waals surface area contributed by atoms with E-state index in [1.165, 1.54) is 27.8 Å². The number of hydrogen-bond donors (Lipinski definition) is 2. The van der Waals surface area contributed by atoms with Gasteiger partial charge in [0.2, 0.25) is 0 Å². The number of anilines is 1. The molecule has 3 aromatic rings. The van der Waals surface area contributed by atoms with E-state index in [0.717, 1.165) is 43.1 Å². The van der Waals surface area contributed by atoms with Crippen molar-refractivity contribution in [3.63, 3.8) is 0 Å². The quantitative estimate of drug-likeness (QED) is 0.700. The fraction of sp³-hybridized carbons (Fsp3) is 0.417.